The molecule has 1 nitrogen and oxygen atoms in total. The number of hydrogen-bond acceptors (Lipinski definition) is 2. The minimum Gasteiger partial charge on any atom is -0.334 e. The standard InChI is InChI=1S/C55H39NS/c1-4-15-38(16-5-1)41-29-33-49-50-34-32-46(37-54(50)57-53(49)36-41)56(44-21-8-3-9-22-44)45-30-27-39(28-31-45)40-17-14-20-43(35-40)55(42-18-6-2-7-19-42)51-25-12-10-23-47(51)48-24-11-13-26-52(48)55/h1-30,32-37,45H,31H2. The highest BCUT2D eigenvalue weighted by Gasteiger charge is 2.45. The normalized spacial score (nSPS) is 15.3. The van der Waals surface area contributed by atoms with Gasteiger partial charge in [0, 0.05) is 31.5 Å². The van der Waals surface area contributed by atoms with Crippen molar-refractivity contribution in [2.24, 2.45) is 0 Å². The molecule has 0 radical (unpaired) electrons. The van der Waals surface area contributed by atoms with Gasteiger partial charge in [0.2, 0.25) is 0 Å². The maximum atomic E-state index is 2.51. The molecule has 2 aliphatic rings. The van der Waals surface area contributed by atoms with Crippen LogP contribution in [-0.4, -0.2) is 6.04 Å². The Morgan fingerprint density at radius 1 is 0.456 bits per heavy atom. The minimum absolute atomic E-state index is 0.167. The largest absolute Gasteiger partial charge is 0.334 e. The van der Waals surface area contributed by atoms with E-state index in [0.717, 1.165) is 6.42 Å². The van der Waals surface area contributed by atoms with Gasteiger partial charge in [0.05, 0.1) is 11.5 Å². The number of allylic oxidation sites excluding steroid dienone is 2. The highest BCUT2D eigenvalue weighted by molar-refractivity contribution is 7.25. The number of fused-ring (bicyclic) bond motifs is 6. The van der Waals surface area contributed by atoms with Gasteiger partial charge in [-0.2, -0.15) is 0 Å². The van der Waals surface area contributed by atoms with Crippen LogP contribution in [-0.2, 0) is 5.41 Å². The van der Waals surface area contributed by atoms with Crippen LogP contribution in [0.25, 0.3) is 48.0 Å². The lowest BCUT2D eigenvalue weighted by atomic mass is 9.67. The van der Waals surface area contributed by atoms with E-state index in [9.17, 15) is 0 Å². The first kappa shape index (κ1) is 33.6. The van der Waals surface area contributed by atoms with Crippen LogP contribution in [0.4, 0.5) is 11.4 Å². The molecule has 0 fully saturated rings. The van der Waals surface area contributed by atoms with Gasteiger partial charge in [0.1, 0.15) is 0 Å². The zero-order valence-corrected chi connectivity index (χ0v) is 32.2. The molecule has 0 spiro atoms. The minimum atomic E-state index is -0.412. The molecule has 2 heteroatoms. The van der Waals surface area contributed by atoms with E-state index in [2.05, 4.69) is 223 Å². The van der Waals surface area contributed by atoms with E-state index < -0.39 is 5.41 Å². The second-order valence-corrected chi connectivity index (χ2v) is 16.3. The summed E-state index contributed by atoms with van der Waals surface area (Å²) in [5, 5.41) is 2.63. The molecule has 0 N–H and O–H groups in total. The first-order valence-electron chi connectivity index (χ1n) is 19.9. The number of hydrogen-bond donors (Lipinski definition) is 0. The fourth-order valence-corrected chi connectivity index (χ4v) is 10.7. The molecule has 2 aliphatic carbocycles. The van der Waals surface area contributed by atoms with Crippen molar-refractivity contribution in [3.05, 3.63) is 246 Å². The van der Waals surface area contributed by atoms with E-state index in [-0.39, 0.29) is 6.04 Å². The maximum absolute atomic E-state index is 2.51. The number of thiophene rings is 1. The number of benzene rings is 8. The topological polar surface area (TPSA) is 3.24 Å². The predicted molar refractivity (Wildman–Crippen MR) is 243 cm³/mol. The molecule has 0 saturated carbocycles. The monoisotopic (exact) mass is 745 g/mol. The molecule has 0 bridgehead atoms. The molecule has 9 aromatic rings. The van der Waals surface area contributed by atoms with Gasteiger partial charge in [0.25, 0.3) is 0 Å². The SMILES string of the molecule is C1=CC(N(c2ccccc2)c2ccc3c(c2)sc2cc(-c4ccccc4)ccc23)CC=C1c1cccc(C2(c3ccccc3)c3ccccc3-c3ccccc32)c1. The molecular formula is C55H39NS. The third kappa shape index (κ3) is 5.51. The lowest BCUT2D eigenvalue weighted by Crippen LogP contribution is -2.30. The molecule has 0 saturated heterocycles. The fourth-order valence-electron chi connectivity index (χ4n) is 9.50. The Morgan fingerprint density at radius 2 is 1.05 bits per heavy atom. The summed E-state index contributed by atoms with van der Waals surface area (Å²) in [6.07, 6.45) is 8.08. The van der Waals surface area contributed by atoms with Gasteiger partial charge in [-0.1, -0.05) is 182 Å². The van der Waals surface area contributed by atoms with E-state index in [1.165, 1.54) is 87.2 Å². The highest BCUT2D eigenvalue weighted by Crippen LogP contribution is 2.56. The van der Waals surface area contributed by atoms with Crippen molar-refractivity contribution in [1.82, 2.24) is 0 Å². The summed E-state index contributed by atoms with van der Waals surface area (Å²) in [6, 6.07) is 73.9. The third-order valence-electron chi connectivity index (χ3n) is 12.1. The smallest absolute Gasteiger partial charge is 0.0713 e. The number of anilines is 2. The van der Waals surface area contributed by atoms with Crippen LogP contribution in [0.15, 0.2) is 218 Å². The molecular weight excluding hydrogens is 707 g/mol. The van der Waals surface area contributed by atoms with Crippen LogP contribution in [0.3, 0.4) is 0 Å². The van der Waals surface area contributed by atoms with Gasteiger partial charge < -0.3 is 4.90 Å². The number of rotatable bonds is 7. The van der Waals surface area contributed by atoms with Crippen molar-refractivity contribution >= 4 is 48.5 Å². The van der Waals surface area contributed by atoms with Gasteiger partial charge in [-0.05, 0) is 98.5 Å². The summed E-state index contributed by atoms with van der Waals surface area (Å²) in [6.45, 7) is 0. The van der Waals surface area contributed by atoms with Crippen LogP contribution in [0.5, 0.6) is 0 Å². The van der Waals surface area contributed by atoms with E-state index in [4.69, 9.17) is 0 Å². The van der Waals surface area contributed by atoms with E-state index in [0.29, 0.717) is 0 Å². The number of para-hydroxylation sites is 1. The lowest BCUT2D eigenvalue weighted by molar-refractivity contribution is 0.767. The lowest BCUT2D eigenvalue weighted by Gasteiger charge is -2.34. The van der Waals surface area contributed by atoms with Crippen LogP contribution in [0, 0.1) is 0 Å². The van der Waals surface area contributed by atoms with E-state index >= 15 is 0 Å². The Balaban J connectivity index is 0.958. The molecule has 8 aromatic carbocycles. The van der Waals surface area contributed by atoms with Gasteiger partial charge in [0.15, 0.2) is 0 Å². The zero-order chi connectivity index (χ0) is 37.8. The Hall–Kier alpha value is -6.74. The molecule has 1 heterocycles. The molecule has 57 heavy (non-hydrogen) atoms. The van der Waals surface area contributed by atoms with Crippen LogP contribution < -0.4 is 4.90 Å². The highest BCUT2D eigenvalue weighted by atomic mass is 32.1. The van der Waals surface area contributed by atoms with Crippen molar-refractivity contribution in [2.45, 2.75) is 17.9 Å². The van der Waals surface area contributed by atoms with Crippen molar-refractivity contribution in [3.8, 4) is 22.3 Å². The Morgan fingerprint density at radius 3 is 1.75 bits per heavy atom. The second-order valence-electron chi connectivity index (χ2n) is 15.2. The average molecular weight is 746 g/mol. The van der Waals surface area contributed by atoms with Gasteiger partial charge in [-0.15, -0.1) is 11.3 Å². The van der Waals surface area contributed by atoms with Gasteiger partial charge >= 0.3 is 0 Å². The molecule has 1 atom stereocenters. The Bertz CT molecular complexity index is 2950. The molecule has 0 aliphatic heterocycles. The average Bonchev–Trinajstić information content (AvgIpc) is 3.81. The first-order valence-corrected chi connectivity index (χ1v) is 20.7. The van der Waals surface area contributed by atoms with Gasteiger partial charge in [-0.3, -0.25) is 0 Å². The Labute approximate surface area is 338 Å². The summed E-state index contributed by atoms with van der Waals surface area (Å²) < 4.78 is 2.63. The van der Waals surface area contributed by atoms with Gasteiger partial charge in [-0.25, -0.2) is 0 Å². The summed E-state index contributed by atoms with van der Waals surface area (Å²) >= 11 is 1.89. The van der Waals surface area contributed by atoms with Crippen molar-refractivity contribution in [2.75, 3.05) is 4.90 Å². The van der Waals surface area contributed by atoms with Crippen LogP contribution >= 0.6 is 11.3 Å². The number of nitrogens with zero attached hydrogens (tertiary/aromatic N) is 1. The Kier molecular flexibility index (Phi) is 8.12. The molecule has 0 amide bonds. The zero-order valence-electron chi connectivity index (χ0n) is 31.4. The van der Waals surface area contributed by atoms with Crippen LogP contribution in [0.1, 0.15) is 34.2 Å². The fraction of sp³-hybridized carbons (Fsp3) is 0.0545. The summed E-state index contributed by atoms with van der Waals surface area (Å²) in [5.41, 5.74) is 14.9. The van der Waals surface area contributed by atoms with Crippen molar-refractivity contribution in [3.63, 3.8) is 0 Å². The third-order valence-corrected chi connectivity index (χ3v) is 13.2. The van der Waals surface area contributed by atoms with E-state index in [1.807, 2.05) is 11.3 Å². The quantitative estimate of drug-likeness (QED) is 0.157. The van der Waals surface area contributed by atoms with E-state index in [1.54, 1.807) is 0 Å². The molecule has 270 valence electrons. The van der Waals surface area contributed by atoms with Crippen LogP contribution in [0.2, 0.25) is 0 Å². The molecule has 1 aromatic heterocycles. The summed E-state index contributed by atoms with van der Waals surface area (Å²) in [5.74, 6) is 0. The maximum Gasteiger partial charge on any atom is 0.0713 e. The van der Waals surface area contributed by atoms with Crippen molar-refractivity contribution < 1.29 is 0 Å². The second kappa shape index (κ2) is 13.8. The summed E-state index contributed by atoms with van der Waals surface area (Å²) in [7, 11) is 0. The molecule has 11 rings (SSSR count). The summed E-state index contributed by atoms with van der Waals surface area (Å²) in [4.78, 5) is 2.51. The van der Waals surface area contributed by atoms with Crippen molar-refractivity contribution in [1.29, 1.82) is 0 Å². The predicted octanol–water partition coefficient (Wildman–Crippen LogP) is 14.6. The first-order chi connectivity index (χ1) is 28.3. The molecule has 1 unspecified atom stereocenters.